The third-order valence-corrected chi connectivity index (χ3v) is 9.45. The number of carbonyl (C=O) groups excluding carboxylic acids is 4. The average molecular weight is 892 g/mol. The molecule has 2 aromatic heterocycles. The largest absolute Gasteiger partial charge is 0.497 e. The highest BCUT2D eigenvalue weighted by Crippen LogP contribution is 2.33. The second-order valence-corrected chi connectivity index (χ2v) is 14.7. The van der Waals surface area contributed by atoms with Gasteiger partial charge in [-0.25, -0.2) is 15.0 Å². The Hall–Kier alpha value is -6.91. The molecule has 0 aliphatic carbocycles. The second kappa shape index (κ2) is 21.9. The average Bonchev–Trinajstić information content (AvgIpc) is 3.24. The number of aryl methyl sites for hydroxylation is 1. The molecule has 0 unspecified atom stereocenters. The van der Waals surface area contributed by atoms with Crippen LogP contribution in [0.25, 0.3) is 11.2 Å². The van der Waals surface area contributed by atoms with Crippen LogP contribution in [0, 0.1) is 10.1 Å². The number of hydrogen-bond donors (Lipinski definition) is 0. The summed E-state index contributed by atoms with van der Waals surface area (Å²) in [5, 5.41) is 11.2. The molecule has 0 radical (unpaired) electrons. The van der Waals surface area contributed by atoms with Crippen molar-refractivity contribution in [1.82, 2.24) is 24.4 Å². The van der Waals surface area contributed by atoms with E-state index >= 15 is 0 Å². The highest BCUT2D eigenvalue weighted by molar-refractivity contribution is 5.71. The van der Waals surface area contributed by atoms with Gasteiger partial charge in [-0.2, -0.15) is 4.98 Å². The van der Waals surface area contributed by atoms with Crippen LogP contribution < -0.4 is 10.3 Å². The summed E-state index contributed by atoms with van der Waals surface area (Å²) in [5.41, 5.74) is 0.649. The van der Waals surface area contributed by atoms with Crippen LogP contribution in [0.5, 0.6) is 5.75 Å². The van der Waals surface area contributed by atoms with E-state index in [1.54, 1.807) is 62.3 Å². The van der Waals surface area contributed by atoms with Gasteiger partial charge in [0.25, 0.3) is 11.2 Å². The van der Waals surface area contributed by atoms with Crippen LogP contribution in [0.2, 0.25) is 0 Å². The maximum absolute atomic E-state index is 14.4. The van der Waals surface area contributed by atoms with Crippen LogP contribution in [0.3, 0.4) is 0 Å². The Morgan fingerprint density at radius 1 is 0.906 bits per heavy atom. The number of carbonyl (C=O) groups is 4. The van der Waals surface area contributed by atoms with Gasteiger partial charge in [-0.3, -0.25) is 38.7 Å². The molecule has 0 amide bonds. The smallest absolute Gasteiger partial charge is 0.303 e. The molecule has 2 aromatic carbocycles. The summed E-state index contributed by atoms with van der Waals surface area (Å²) in [7, 11) is 5.02. The first-order chi connectivity index (χ1) is 30.4. The summed E-state index contributed by atoms with van der Waals surface area (Å²) in [4.78, 5) is 94.0. The lowest BCUT2D eigenvalue weighted by molar-refractivity contribution is -0.384. The van der Waals surface area contributed by atoms with Gasteiger partial charge in [0.2, 0.25) is 5.95 Å². The molecule has 1 fully saturated rings. The molecule has 7 atom stereocenters. The van der Waals surface area contributed by atoms with Crippen molar-refractivity contribution in [3.05, 3.63) is 92.0 Å². The molecular formula is C42H49N7O15. The van der Waals surface area contributed by atoms with Crippen LogP contribution in [-0.4, -0.2) is 124 Å². The van der Waals surface area contributed by atoms with E-state index in [-0.39, 0.29) is 48.1 Å². The molecule has 0 spiro atoms. The molecule has 64 heavy (non-hydrogen) atoms. The molecule has 0 N–H and O–H groups in total. The summed E-state index contributed by atoms with van der Waals surface area (Å²) < 4.78 is 47.6. The van der Waals surface area contributed by atoms with Crippen molar-refractivity contribution in [3.8, 4) is 5.75 Å². The zero-order valence-electron chi connectivity index (χ0n) is 36.4. The van der Waals surface area contributed by atoms with E-state index < -0.39 is 83.9 Å². The number of non-ortho nitro benzene ring substituents is 1. The fourth-order valence-corrected chi connectivity index (χ4v) is 6.58. The SMILES string of the molecule is COc1ccc(CO[C@H](c2cnc3nc(/N=C/N(C)C)n(CCc4ccc([N+](=O)[O-])cc4)c(=O)c3n2)[C@H](C)O[C@H]2O[C@H](COC(C)=O)[C@@H](OC(C)=O)[C@H](OC(C)=O)[C@H]2OC(C)=O)cc1. The van der Waals surface area contributed by atoms with E-state index in [9.17, 15) is 34.1 Å². The van der Waals surface area contributed by atoms with E-state index in [1.165, 1.54) is 36.3 Å². The second-order valence-electron chi connectivity index (χ2n) is 14.7. The quantitative estimate of drug-likeness (QED) is 0.0326. The molecule has 1 aliphatic heterocycles. The van der Waals surface area contributed by atoms with E-state index in [1.807, 2.05) is 0 Å². The topological polar surface area (TPSA) is 262 Å². The molecule has 4 aromatic rings. The third-order valence-electron chi connectivity index (χ3n) is 9.45. The van der Waals surface area contributed by atoms with Crippen LogP contribution in [-0.2, 0) is 71.9 Å². The van der Waals surface area contributed by atoms with Crippen molar-refractivity contribution >= 4 is 53.0 Å². The Morgan fingerprint density at radius 2 is 1.53 bits per heavy atom. The summed E-state index contributed by atoms with van der Waals surface area (Å²) >= 11 is 0. The van der Waals surface area contributed by atoms with Gasteiger partial charge in [-0.05, 0) is 36.6 Å². The predicted molar refractivity (Wildman–Crippen MR) is 223 cm³/mol. The summed E-state index contributed by atoms with van der Waals surface area (Å²) in [6, 6.07) is 13.0. The first kappa shape index (κ1) is 48.1. The monoisotopic (exact) mass is 891 g/mol. The number of nitrogens with zero attached hydrogens (tertiary/aromatic N) is 7. The van der Waals surface area contributed by atoms with Gasteiger partial charge in [-0.15, -0.1) is 0 Å². The van der Waals surface area contributed by atoms with Crippen LogP contribution >= 0.6 is 0 Å². The molecule has 5 rings (SSSR count). The zero-order chi connectivity index (χ0) is 46.7. The lowest BCUT2D eigenvalue weighted by atomic mass is 9.98. The lowest BCUT2D eigenvalue weighted by Crippen LogP contribution is -2.63. The highest BCUT2D eigenvalue weighted by Gasteiger charge is 2.53. The normalized spacial score (nSPS) is 19.3. The van der Waals surface area contributed by atoms with Crippen molar-refractivity contribution in [1.29, 1.82) is 0 Å². The summed E-state index contributed by atoms with van der Waals surface area (Å²) in [6.45, 7) is 5.59. The van der Waals surface area contributed by atoms with Crippen molar-refractivity contribution < 1.29 is 62.0 Å². The Morgan fingerprint density at radius 3 is 2.12 bits per heavy atom. The minimum atomic E-state index is -1.58. The Kier molecular flexibility index (Phi) is 16.5. The Labute approximate surface area is 366 Å². The first-order valence-electron chi connectivity index (χ1n) is 19.9. The Balaban J connectivity index is 1.58. The maximum atomic E-state index is 14.4. The molecule has 3 heterocycles. The fourth-order valence-electron chi connectivity index (χ4n) is 6.58. The fraction of sp³-hybridized carbons (Fsp3) is 0.452. The van der Waals surface area contributed by atoms with Gasteiger partial charge in [0.15, 0.2) is 35.8 Å². The van der Waals surface area contributed by atoms with Crippen LogP contribution in [0.15, 0.2) is 64.5 Å². The predicted octanol–water partition coefficient (Wildman–Crippen LogP) is 3.31. The molecule has 0 saturated carbocycles. The molecule has 342 valence electrons. The van der Waals surface area contributed by atoms with Gasteiger partial charge in [0, 0.05) is 60.5 Å². The van der Waals surface area contributed by atoms with Crippen molar-refractivity contribution in [2.45, 2.75) is 97.1 Å². The standard InChI is InChI=1S/C42H49N7O15/c1-23(60-41-38(63-27(5)53)37(62-26(4)52)36(61-25(3)51)33(64-41)21-58-24(2)50)35(59-20-29-11-15-31(57-8)16-12-29)32-19-43-39-34(45-32)40(54)48(42(46-39)44-22-47(6)7)18-17-28-9-13-30(14-10-28)49(55)56/h9-16,19,22-23,33,35-38,41H,17-18,20-21H2,1-8H3/b44-22+/t23-,33+,35-,36+,37-,38+,41-/m0/s1. The highest BCUT2D eigenvalue weighted by atomic mass is 16.7. The summed E-state index contributed by atoms with van der Waals surface area (Å²) in [6.07, 6.45) is -6.51. The van der Waals surface area contributed by atoms with Gasteiger partial charge in [-0.1, -0.05) is 24.3 Å². The molecular weight excluding hydrogens is 842 g/mol. The number of aromatic nitrogens is 4. The van der Waals surface area contributed by atoms with Crippen molar-refractivity contribution in [2.75, 3.05) is 27.8 Å². The number of methoxy groups -OCH3 is 1. The minimum Gasteiger partial charge on any atom is -0.497 e. The van der Waals surface area contributed by atoms with Gasteiger partial charge < -0.3 is 42.8 Å². The minimum absolute atomic E-state index is 0.0304. The Bertz CT molecular complexity index is 2390. The number of fused-ring (bicyclic) bond motifs is 1. The molecule has 0 bridgehead atoms. The van der Waals surface area contributed by atoms with Gasteiger partial charge in [0.05, 0.1) is 43.0 Å². The van der Waals surface area contributed by atoms with Crippen molar-refractivity contribution in [2.24, 2.45) is 4.99 Å². The number of esters is 4. The number of ether oxygens (including phenoxy) is 8. The van der Waals surface area contributed by atoms with Gasteiger partial charge >= 0.3 is 23.9 Å². The number of benzene rings is 2. The molecule has 1 saturated heterocycles. The van der Waals surface area contributed by atoms with E-state index in [4.69, 9.17) is 42.9 Å². The molecule has 22 nitrogen and oxygen atoms in total. The van der Waals surface area contributed by atoms with E-state index in [0.29, 0.717) is 16.9 Å². The van der Waals surface area contributed by atoms with Gasteiger partial charge in [0.1, 0.15) is 24.6 Å². The van der Waals surface area contributed by atoms with E-state index in [0.717, 1.165) is 27.7 Å². The number of hydrogen-bond acceptors (Lipinski definition) is 19. The first-order valence-corrected chi connectivity index (χ1v) is 19.9. The van der Waals surface area contributed by atoms with Crippen LogP contribution in [0.4, 0.5) is 11.6 Å². The van der Waals surface area contributed by atoms with E-state index in [2.05, 4.69) is 15.0 Å². The molecule has 22 heteroatoms. The van der Waals surface area contributed by atoms with Crippen LogP contribution in [0.1, 0.15) is 57.5 Å². The maximum Gasteiger partial charge on any atom is 0.303 e. The number of nitro groups is 1. The number of rotatable bonds is 19. The third kappa shape index (κ3) is 12.8. The lowest BCUT2D eigenvalue weighted by Gasteiger charge is -2.45. The summed E-state index contributed by atoms with van der Waals surface area (Å²) in [5.74, 6) is -2.51. The number of aliphatic imine (C=N–C) groups is 1. The van der Waals surface area contributed by atoms with Crippen molar-refractivity contribution in [3.63, 3.8) is 0 Å². The zero-order valence-corrected chi connectivity index (χ0v) is 36.4. The number of nitro benzene ring substituents is 1. The molecule has 1 aliphatic rings.